The van der Waals surface area contributed by atoms with Crippen LogP contribution in [0.5, 0.6) is 0 Å². The summed E-state index contributed by atoms with van der Waals surface area (Å²) in [5.74, 6) is 0.211. The molecule has 10 heteroatoms. The zero-order valence-electron chi connectivity index (χ0n) is 18.7. The molecule has 174 valence electrons. The Morgan fingerprint density at radius 3 is 2.88 bits per heavy atom. The summed E-state index contributed by atoms with van der Waals surface area (Å²) >= 11 is 0. The predicted molar refractivity (Wildman–Crippen MR) is 128 cm³/mol. The second-order valence-corrected chi connectivity index (χ2v) is 7.49. The normalized spacial score (nSPS) is 15.4. The number of nitrogens with zero attached hydrogens (tertiary/aromatic N) is 5. The number of hydrogen-bond donors (Lipinski definition) is 2. The van der Waals surface area contributed by atoms with Crippen molar-refractivity contribution in [2.75, 3.05) is 43.4 Å². The Morgan fingerprint density at radius 2 is 2.24 bits per heavy atom. The van der Waals surface area contributed by atoms with Crippen LogP contribution in [0.2, 0.25) is 0 Å². The Labute approximate surface area is 192 Å². The number of aromatic nitrogens is 1. The first-order chi connectivity index (χ1) is 15.9. The van der Waals surface area contributed by atoms with E-state index < -0.39 is 18.0 Å². The van der Waals surface area contributed by atoms with Gasteiger partial charge in [-0.05, 0) is 37.3 Å². The summed E-state index contributed by atoms with van der Waals surface area (Å²) in [4.78, 5) is 19.8. The molecular formula is C23H28FN7O2. The number of benzene rings is 1. The molecular weight excluding hydrogens is 425 g/mol. The molecule has 0 bridgehead atoms. The molecule has 1 aliphatic rings. The maximum atomic E-state index is 14.9. The summed E-state index contributed by atoms with van der Waals surface area (Å²) < 4.78 is 20.3. The van der Waals surface area contributed by atoms with Crippen LogP contribution < -0.4 is 10.2 Å². The molecule has 1 aromatic heterocycles. The van der Waals surface area contributed by atoms with E-state index in [0.29, 0.717) is 42.3 Å². The first-order valence-electron chi connectivity index (χ1n) is 10.5. The molecule has 1 amide bonds. The molecule has 33 heavy (non-hydrogen) atoms. The monoisotopic (exact) mass is 453 g/mol. The number of likely N-dealkylation sites (N-methyl/N-ethyl adjacent to an activating group) is 1. The van der Waals surface area contributed by atoms with E-state index in [2.05, 4.69) is 22.1 Å². The Balaban J connectivity index is 1.65. The van der Waals surface area contributed by atoms with E-state index in [9.17, 15) is 9.18 Å². The number of amides is 1. The number of cyclic esters (lactones) is 1. The van der Waals surface area contributed by atoms with E-state index in [4.69, 9.17) is 10.1 Å². The molecule has 1 saturated heterocycles. The van der Waals surface area contributed by atoms with Gasteiger partial charge in [-0.15, -0.1) is 0 Å². The third kappa shape index (κ3) is 6.06. The van der Waals surface area contributed by atoms with Gasteiger partial charge in [0, 0.05) is 50.4 Å². The quantitative estimate of drug-likeness (QED) is 0.306. The fourth-order valence-corrected chi connectivity index (χ4v) is 3.36. The summed E-state index contributed by atoms with van der Waals surface area (Å²) in [5, 5.41) is 15.8. The first kappa shape index (κ1) is 23.7. The summed E-state index contributed by atoms with van der Waals surface area (Å²) in [6.07, 6.45) is 5.46. The predicted octanol–water partition coefficient (Wildman–Crippen LogP) is 3.61. The van der Waals surface area contributed by atoms with Gasteiger partial charge >= 0.3 is 6.09 Å². The minimum absolute atomic E-state index is 0.288. The van der Waals surface area contributed by atoms with Gasteiger partial charge in [-0.1, -0.05) is 6.08 Å². The molecule has 0 radical (unpaired) electrons. The smallest absolute Gasteiger partial charge is 0.414 e. The molecule has 2 aromatic rings. The average Bonchev–Trinajstić information content (AvgIpc) is 3.19. The highest BCUT2D eigenvalue weighted by atomic mass is 19.1. The van der Waals surface area contributed by atoms with Gasteiger partial charge in [-0.2, -0.15) is 5.10 Å². The van der Waals surface area contributed by atoms with E-state index in [-0.39, 0.29) is 6.54 Å². The van der Waals surface area contributed by atoms with E-state index >= 15 is 0 Å². The van der Waals surface area contributed by atoms with Crippen LogP contribution in [0.25, 0.3) is 11.1 Å². The van der Waals surface area contributed by atoms with Gasteiger partial charge < -0.3 is 15.0 Å². The Kier molecular flexibility index (Phi) is 7.96. The van der Waals surface area contributed by atoms with Gasteiger partial charge in [-0.25, -0.2) is 14.2 Å². The highest BCUT2D eigenvalue weighted by Crippen LogP contribution is 2.29. The van der Waals surface area contributed by atoms with Crippen molar-refractivity contribution in [2.24, 2.45) is 5.10 Å². The Hall–Kier alpha value is -3.95. The molecule has 0 spiro atoms. The third-order valence-corrected chi connectivity index (χ3v) is 5.10. The number of anilines is 2. The zero-order valence-corrected chi connectivity index (χ0v) is 18.7. The van der Waals surface area contributed by atoms with E-state index in [0.717, 1.165) is 0 Å². The van der Waals surface area contributed by atoms with Crippen LogP contribution >= 0.6 is 0 Å². The van der Waals surface area contributed by atoms with Gasteiger partial charge in [0.2, 0.25) is 0 Å². The lowest BCUT2D eigenvalue weighted by Crippen LogP contribution is -2.29. The summed E-state index contributed by atoms with van der Waals surface area (Å²) in [7, 11) is 1.82. The minimum Gasteiger partial charge on any atom is -0.442 e. The molecule has 1 aliphatic heterocycles. The van der Waals surface area contributed by atoms with Crippen molar-refractivity contribution in [3.63, 3.8) is 0 Å². The number of hydrogen-bond acceptors (Lipinski definition) is 7. The van der Waals surface area contributed by atoms with Crippen LogP contribution in [0.3, 0.4) is 0 Å². The number of halogens is 1. The number of nitrogens with one attached hydrogen (secondary N) is 2. The molecule has 0 saturated carbocycles. The summed E-state index contributed by atoms with van der Waals surface area (Å²) in [6.45, 7) is 7.30. The molecule has 2 N–H and O–H groups in total. The molecule has 1 aromatic carbocycles. The van der Waals surface area contributed by atoms with Crippen LogP contribution in [0, 0.1) is 11.2 Å². The SMILES string of the molecule is C=NN(/C=C\C)CC1CN(c2ccc(-c3ccc(NCCN(C)C=N)nc3)c(F)c2)C(=O)O1. The van der Waals surface area contributed by atoms with Crippen molar-refractivity contribution in [1.82, 2.24) is 14.9 Å². The van der Waals surface area contributed by atoms with Crippen molar-refractivity contribution in [3.05, 3.63) is 54.6 Å². The van der Waals surface area contributed by atoms with Crippen molar-refractivity contribution in [2.45, 2.75) is 13.0 Å². The van der Waals surface area contributed by atoms with E-state index in [1.807, 2.05) is 20.0 Å². The Morgan fingerprint density at radius 1 is 1.42 bits per heavy atom. The van der Waals surface area contributed by atoms with Crippen LogP contribution in [-0.4, -0.2) is 73.4 Å². The van der Waals surface area contributed by atoms with Crippen molar-refractivity contribution < 1.29 is 13.9 Å². The van der Waals surface area contributed by atoms with Crippen molar-refractivity contribution in [3.8, 4) is 11.1 Å². The summed E-state index contributed by atoms with van der Waals surface area (Å²) in [6, 6.07) is 8.21. The number of ether oxygens (including phenoxy) is 1. The van der Waals surface area contributed by atoms with Gasteiger partial charge in [0.05, 0.1) is 25.1 Å². The van der Waals surface area contributed by atoms with Gasteiger partial charge in [0.15, 0.2) is 0 Å². The number of allylic oxidation sites excluding steroid dienone is 1. The topological polar surface area (TPSA) is 97.1 Å². The fraction of sp³-hybridized carbons (Fsp3) is 0.304. The molecule has 3 rings (SSSR count). The number of rotatable bonds is 11. The van der Waals surface area contributed by atoms with Gasteiger partial charge in [0.1, 0.15) is 17.7 Å². The molecule has 2 heterocycles. The zero-order chi connectivity index (χ0) is 23.8. The van der Waals surface area contributed by atoms with Crippen LogP contribution in [0.15, 0.2) is 53.9 Å². The second kappa shape index (κ2) is 11.1. The molecule has 1 fully saturated rings. The van der Waals surface area contributed by atoms with Gasteiger partial charge in [0.25, 0.3) is 0 Å². The van der Waals surface area contributed by atoms with Crippen LogP contribution in [0.1, 0.15) is 6.92 Å². The van der Waals surface area contributed by atoms with E-state index in [1.54, 1.807) is 46.6 Å². The van der Waals surface area contributed by atoms with Crippen molar-refractivity contribution >= 4 is 30.7 Å². The number of carbonyl (C=O) groups is 1. The molecule has 1 unspecified atom stereocenters. The maximum Gasteiger partial charge on any atom is 0.414 e. The third-order valence-electron chi connectivity index (χ3n) is 5.10. The largest absolute Gasteiger partial charge is 0.442 e. The number of carbonyl (C=O) groups excluding carboxylic acids is 1. The van der Waals surface area contributed by atoms with Crippen LogP contribution in [-0.2, 0) is 4.74 Å². The Bertz CT molecular complexity index is 1010. The lowest BCUT2D eigenvalue weighted by molar-refractivity contribution is 0.123. The van der Waals surface area contributed by atoms with Gasteiger partial charge in [-0.3, -0.25) is 15.3 Å². The second-order valence-electron chi connectivity index (χ2n) is 7.49. The standard InChI is InChI=1S/C23H28FN7O2/c1-4-10-30(26-2)14-19-15-31(23(32)33-19)18-6-7-20(21(24)12-18)17-5-8-22(28-13-17)27-9-11-29(3)16-25/h4-8,10,12-13,16,19,25H,2,9,11,14-15H2,1,3H3,(H,27,28)/b10-4-,25-16?. The van der Waals surface area contributed by atoms with Crippen molar-refractivity contribution in [1.29, 1.82) is 5.41 Å². The molecule has 9 nitrogen and oxygen atoms in total. The highest BCUT2D eigenvalue weighted by molar-refractivity contribution is 5.90. The maximum absolute atomic E-state index is 14.9. The summed E-state index contributed by atoms with van der Waals surface area (Å²) in [5.41, 5.74) is 1.44. The average molecular weight is 454 g/mol. The number of pyridine rings is 1. The first-order valence-corrected chi connectivity index (χ1v) is 10.5. The minimum atomic E-state index is -0.526. The number of hydrazone groups is 1. The lowest BCUT2D eigenvalue weighted by Gasteiger charge is -2.17. The highest BCUT2D eigenvalue weighted by Gasteiger charge is 2.33. The molecule has 1 atom stereocenters. The lowest BCUT2D eigenvalue weighted by atomic mass is 10.1. The van der Waals surface area contributed by atoms with Crippen LogP contribution in [0.4, 0.5) is 20.7 Å². The van der Waals surface area contributed by atoms with E-state index in [1.165, 1.54) is 17.3 Å². The fourth-order valence-electron chi connectivity index (χ4n) is 3.36. The molecule has 0 aliphatic carbocycles.